The van der Waals surface area contributed by atoms with Crippen molar-refractivity contribution in [3.05, 3.63) is 39.3 Å². The molecule has 2 heterocycles. The molecule has 0 bridgehead atoms. The minimum Gasteiger partial charge on any atom is -0.317 e. The molecule has 1 aliphatic rings. The third kappa shape index (κ3) is 3.11. The van der Waals surface area contributed by atoms with Crippen LogP contribution in [0.4, 0.5) is 0 Å². The van der Waals surface area contributed by atoms with Crippen LogP contribution in [0.15, 0.2) is 23.6 Å². The number of halogens is 2. The average molecular weight is 313 g/mol. The maximum absolute atomic E-state index is 6.04. The second-order valence-corrected chi connectivity index (χ2v) is 6.49. The van der Waals surface area contributed by atoms with E-state index in [9.17, 15) is 0 Å². The van der Waals surface area contributed by atoms with Crippen molar-refractivity contribution in [3.63, 3.8) is 0 Å². The Morgan fingerprint density at radius 2 is 1.79 bits per heavy atom. The fourth-order valence-electron chi connectivity index (χ4n) is 2.40. The van der Waals surface area contributed by atoms with E-state index in [0.717, 1.165) is 23.7 Å². The zero-order valence-electron chi connectivity index (χ0n) is 10.3. The van der Waals surface area contributed by atoms with Crippen LogP contribution in [0.3, 0.4) is 0 Å². The minimum absolute atomic E-state index is 0.584. The van der Waals surface area contributed by atoms with Gasteiger partial charge in [0, 0.05) is 26.9 Å². The SMILES string of the molecule is Clc1cc(Cl)cc(-c2nc(C3CCNCC3)cs2)c1. The van der Waals surface area contributed by atoms with Crippen molar-refractivity contribution in [2.24, 2.45) is 0 Å². The first-order valence-corrected chi connectivity index (χ1v) is 7.98. The molecule has 0 radical (unpaired) electrons. The van der Waals surface area contributed by atoms with Gasteiger partial charge in [-0.3, -0.25) is 0 Å². The van der Waals surface area contributed by atoms with Crippen molar-refractivity contribution in [1.29, 1.82) is 0 Å². The summed E-state index contributed by atoms with van der Waals surface area (Å²) in [4.78, 5) is 4.76. The Bertz CT molecular complexity index is 556. The van der Waals surface area contributed by atoms with Crippen LogP contribution < -0.4 is 5.32 Å². The maximum Gasteiger partial charge on any atom is 0.123 e. The molecule has 2 aromatic rings. The van der Waals surface area contributed by atoms with Crippen LogP contribution >= 0.6 is 34.5 Å². The number of rotatable bonds is 2. The van der Waals surface area contributed by atoms with E-state index in [4.69, 9.17) is 28.2 Å². The van der Waals surface area contributed by atoms with Crippen LogP contribution in [0.2, 0.25) is 10.0 Å². The summed E-state index contributed by atoms with van der Waals surface area (Å²) in [6.07, 6.45) is 2.33. The van der Waals surface area contributed by atoms with Gasteiger partial charge in [-0.1, -0.05) is 23.2 Å². The first-order valence-electron chi connectivity index (χ1n) is 6.35. The van der Waals surface area contributed by atoms with E-state index in [2.05, 4.69) is 10.7 Å². The molecule has 0 spiro atoms. The van der Waals surface area contributed by atoms with E-state index in [-0.39, 0.29) is 0 Å². The molecule has 1 aromatic carbocycles. The standard InChI is InChI=1S/C14H14Cl2N2S/c15-11-5-10(6-12(16)7-11)14-18-13(8-19-14)9-1-3-17-4-2-9/h5-9,17H,1-4H2. The Morgan fingerprint density at radius 3 is 2.47 bits per heavy atom. The number of aromatic nitrogens is 1. The lowest BCUT2D eigenvalue weighted by Crippen LogP contribution is -2.26. The van der Waals surface area contributed by atoms with E-state index >= 15 is 0 Å². The van der Waals surface area contributed by atoms with Crippen LogP contribution in [-0.2, 0) is 0 Å². The number of nitrogens with one attached hydrogen (secondary N) is 1. The van der Waals surface area contributed by atoms with Crippen molar-refractivity contribution in [3.8, 4) is 10.6 Å². The fraction of sp³-hybridized carbons (Fsp3) is 0.357. The average Bonchev–Trinajstić information content (AvgIpc) is 2.88. The number of thiazole rings is 1. The third-order valence-electron chi connectivity index (χ3n) is 3.39. The van der Waals surface area contributed by atoms with E-state index in [1.54, 1.807) is 17.4 Å². The molecule has 19 heavy (non-hydrogen) atoms. The molecule has 0 amide bonds. The molecule has 1 saturated heterocycles. The summed E-state index contributed by atoms with van der Waals surface area (Å²) < 4.78 is 0. The molecule has 0 saturated carbocycles. The van der Waals surface area contributed by atoms with Crippen LogP contribution in [-0.4, -0.2) is 18.1 Å². The molecule has 1 N–H and O–H groups in total. The molecule has 5 heteroatoms. The molecule has 100 valence electrons. The number of nitrogens with zero attached hydrogens (tertiary/aromatic N) is 1. The lowest BCUT2D eigenvalue weighted by atomic mass is 9.95. The summed E-state index contributed by atoms with van der Waals surface area (Å²) in [5, 5.41) is 7.85. The Kier molecular flexibility index (Phi) is 4.08. The predicted octanol–water partition coefficient (Wildman–Crippen LogP) is 4.58. The predicted molar refractivity (Wildman–Crippen MR) is 82.4 cm³/mol. The number of hydrogen-bond acceptors (Lipinski definition) is 3. The van der Waals surface area contributed by atoms with Crippen LogP contribution in [0.5, 0.6) is 0 Å². The van der Waals surface area contributed by atoms with Crippen molar-refractivity contribution >= 4 is 34.5 Å². The summed E-state index contributed by atoms with van der Waals surface area (Å²) in [5.74, 6) is 0.584. The van der Waals surface area contributed by atoms with Gasteiger partial charge in [-0.15, -0.1) is 11.3 Å². The smallest absolute Gasteiger partial charge is 0.123 e. The Morgan fingerprint density at radius 1 is 1.11 bits per heavy atom. The van der Waals surface area contributed by atoms with Gasteiger partial charge in [-0.2, -0.15) is 0 Å². The van der Waals surface area contributed by atoms with E-state index in [1.807, 2.05) is 12.1 Å². The Balaban J connectivity index is 1.87. The lowest BCUT2D eigenvalue weighted by molar-refractivity contribution is 0.455. The van der Waals surface area contributed by atoms with Gasteiger partial charge >= 0.3 is 0 Å². The normalized spacial score (nSPS) is 16.7. The second-order valence-electron chi connectivity index (χ2n) is 4.76. The number of hydrogen-bond donors (Lipinski definition) is 1. The zero-order valence-corrected chi connectivity index (χ0v) is 12.7. The van der Waals surface area contributed by atoms with Gasteiger partial charge in [0.05, 0.1) is 5.69 Å². The highest BCUT2D eigenvalue weighted by molar-refractivity contribution is 7.13. The van der Waals surface area contributed by atoms with Gasteiger partial charge in [-0.25, -0.2) is 4.98 Å². The highest BCUT2D eigenvalue weighted by atomic mass is 35.5. The molecule has 0 atom stereocenters. The van der Waals surface area contributed by atoms with Gasteiger partial charge in [0.2, 0.25) is 0 Å². The Labute approximate surface area is 126 Å². The summed E-state index contributed by atoms with van der Waals surface area (Å²) in [6.45, 7) is 2.17. The lowest BCUT2D eigenvalue weighted by Gasteiger charge is -2.20. The first kappa shape index (κ1) is 13.4. The molecule has 1 fully saturated rings. The maximum atomic E-state index is 6.04. The van der Waals surface area contributed by atoms with E-state index < -0.39 is 0 Å². The molecule has 3 rings (SSSR count). The third-order valence-corrected chi connectivity index (χ3v) is 4.73. The summed E-state index contributed by atoms with van der Waals surface area (Å²) in [6, 6.07) is 5.57. The van der Waals surface area contributed by atoms with Crippen LogP contribution in [0.1, 0.15) is 24.5 Å². The van der Waals surface area contributed by atoms with Gasteiger partial charge in [-0.05, 0) is 44.1 Å². The van der Waals surface area contributed by atoms with Crippen molar-refractivity contribution < 1.29 is 0 Å². The van der Waals surface area contributed by atoms with Crippen LogP contribution in [0.25, 0.3) is 10.6 Å². The summed E-state index contributed by atoms with van der Waals surface area (Å²) in [7, 11) is 0. The molecular formula is C14H14Cl2N2S. The van der Waals surface area contributed by atoms with Crippen molar-refractivity contribution in [1.82, 2.24) is 10.3 Å². The quantitative estimate of drug-likeness (QED) is 0.877. The summed E-state index contributed by atoms with van der Waals surface area (Å²) in [5.41, 5.74) is 2.21. The first-order chi connectivity index (χ1) is 9.22. The van der Waals surface area contributed by atoms with Gasteiger partial charge in [0.25, 0.3) is 0 Å². The van der Waals surface area contributed by atoms with Crippen molar-refractivity contribution in [2.45, 2.75) is 18.8 Å². The number of benzene rings is 1. The molecule has 1 aromatic heterocycles. The zero-order chi connectivity index (χ0) is 13.2. The van der Waals surface area contributed by atoms with Gasteiger partial charge in [0.15, 0.2) is 0 Å². The molecule has 0 aliphatic carbocycles. The molecule has 1 aliphatic heterocycles. The molecular weight excluding hydrogens is 299 g/mol. The van der Waals surface area contributed by atoms with E-state index in [1.165, 1.54) is 18.5 Å². The van der Waals surface area contributed by atoms with Crippen molar-refractivity contribution in [2.75, 3.05) is 13.1 Å². The second kappa shape index (κ2) is 5.80. The summed E-state index contributed by atoms with van der Waals surface area (Å²) >= 11 is 13.7. The Hall–Kier alpha value is -0.610. The van der Waals surface area contributed by atoms with Gasteiger partial charge < -0.3 is 5.32 Å². The topological polar surface area (TPSA) is 24.9 Å². The minimum atomic E-state index is 0.584. The largest absolute Gasteiger partial charge is 0.317 e. The van der Waals surface area contributed by atoms with E-state index in [0.29, 0.717) is 16.0 Å². The van der Waals surface area contributed by atoms with Gasteiger partial charge in [0.1, 0.15) is 5.01 Å². The number of piperidine rings is 1. The highest BCUT2D eigenvalue weighted by Gasteiger charge is 2.18. The molecule has 0 unspecified atom stereocenters. The van der Waals surface area contributed by atoms with Crippen LogP contribution in [0, 0.1) is 0 Å². The monoisotopic (exact) mass is 312 g/mol. The highest BCUT2D eigenvalue weighted by Crippen LogP contribution is 2.33. The molecule has 2 nitrogen and oxygen atoms in total. The fourth-order valence-corrected chi connectivity index (χ4v) is 3.82.